The minimum atomic E-state index is -0.494. The highest BCUT2D eigenvalue weighted by Gasteiger charge is 2.47. The van der Waals surface area contributed by atoms with Crippen LogP contribution in [-0.2, 0) is 5.41 Å². The first-order valence-corrected chi connectivity index (χ1v) is 20.1. The van der Waals surface area contributed by atoms with E-state index in [4.69, 9.17) is 0 Å². The van der Waals surface area contributed by atoms with Crippen molar-refractivity contribution < 1.29 is 0 Å². The van der Waals surface area contributed by atoms with Gasteiger partial charge in [0, 0.05) is 16.6 Å². The van der Waals surface area contributed by atoms with Crippen molar-refractivity contribution in [2.24, 2.45) is 0 Å². The highest BCUT2D eigenvalue weighted by molar-refractivity contribution is 6.06. The molecule has 0 saturated carbocycles. The molecule has 0 unspecified atom stereocenters. The summed E-state index contributed by atoms with van der Waals surface area (Å²) < 4.78 is 0. The Kier molecular flexibility index (Phi) is 8.12. The average Bonchev–Trinajstić information content (AvgIpc) is 3.62. The van der Waals surface area contributed by atoms with Gasteiger partial charge < -0.3 is 4.90 Å². The number of hydrogen-bond acceptors (Lipinski definition) is 1. The second-order valence-electron chi connectivity index (χ2n) is 15.2. The molecule has 0 radical (unpaired) electrons. The predicted molar refractivity (Wildman–Crippen MR) is 244 cm³/mol. The Morgan fingerprint density at radius 1 is 0.293 bits per heavy atom. The minimum Gasteiger partial charge on any atom is -0.309 e. The number of rotatable bonds is 7. The fraction of sp³-hybridized carbons (Fsp3) is 0.0175. The van der Waals surface area contributed by atoms with Crippen molar-refractivity contribution in [1.29, 1.82) is 0 Å². The average molecular weight is 738 g/mol. The van der Waals surface area contributed by atoms with Crippen LogP contribution in [0.1, 0.15) is 22.3 Å². The zero-order valence-corrected chi connectivity index (χ0v) is 32.0. The van der Waals surface area contributed by atoms with E-state index in [1.165, 1.54) is 77.2 Å². The van der Waals surface area contributed by atoms with Gasteiger partial charge in [-0.05, 0) is 90.5 Å². The van der Waals surface area contributed by atoms with E-state index >= 15 is 0 Å². The first kappa shape index (κ1) is 33.8. The topological polar surface area (TPSA) is 3.24 Å². The third kappa shape index (κ3) is 5.25. The van der Waals surface area contributed by atoms with E-state index in [0.29, 0.717) is 0 Å². The molecule has 272 valence electrons. The molecule has 0 N–H and O–H groups in total. The highest BCUT2D eigenvalue weighted by Crippen LogP contribution is 2.59. The van der Waals surface area contributed by atoms with Crippen molar-refractivity contribution in [3.63, 3.8) is 0 Å². The number of anilines is 3. The van der Waals surface area contributed by atoms with Crippen molar-refractivity contribution in [2.75, 3.05) is 4.90 Å². The zero-order valence-electron chi connectivity index (χ0n) is 32.0. The van der Waals surface area contributed by atoms with Crippen molar-refractivity contribution in [3.8, 4) is 33.4 Å². The molecule has 1 aliphatic carbocycles. The summed E-state index contributed by atoms with van der Waals surface area (Å²) in [6.45, 7) is 0. The van der Waals surface area contributed by atoms with Gasteiger partial charge in [0.05, 0.1) is 16.8 Å². The quantitative estimate of drug-likeness (QED) is 0.157. The molecule has 0 saturated heterocycles. The Morgan fingerprint density at radius 2 is 0.776 bits per heavy atom. The smallest absolute Gasteiger partial charge is 0.0714 e. The second-order valence-corrected chi connectivity index (χ2v) is 15.2. The molecule has 0 bridgehead atoms. The largest absolute Gasteiger partial charge is 0.309 e. The van der Waals surface area contributed by atoms with Crippen molar-refractivity contribution in [2.45, 2.75) is 5.41 Å². The minimum absolute atomic E-state index is 0.494. The molecule has 0 aliphatic heterocycles. The van der Waals surface area contributed by atoms with Crippen LogP contribution < -0.4 is 4.90 Å². The number of nitrogens with zero attached hydrogens (tertiary/aromatic N) is 1. The van der Waals surface area contributed by atoms with Gasteiger partial charge in [-0.2, -0.15) is 0 Å². The Bertz CT molecular complexity index is 3050. The van der Waals surface area contributed by atoms with Crippen LogP contribution >= 0.6 is 0 Å². The van der Waals surface area contributed by atoms with Gasteiger partial charge in [-0.1, -0.05) is 212 Å². The third-order valence-corrected chi connectivity index (χ3v) is 12.2. The van der Waals surface area contributed by atoms with Crippen LogP contribution in [0.3, 0.4) is 0 Å². The monoisotopic (exact) mass is 737 g/mol. The third-order valence-electron chi connectivity index (χ3n) is 12.2. The van der Waals surface area contributed by atoms with E-state index in [9.17, 15) is 0 Å². The van der Waals surface area contributed by atoms with Gasteiger partial charge in [0.15, 0.2) is 0 Å². The summed E-state index contributed by atoms with van der Waals surface area (Å²) in [5.41, 5.74) is 15.4. The van der Waals surface area contributed by atoms with E-state index in [0.717, 1.165) is 17.1 Å². The maximum absolute atomic E-state index is 2.49. The van der Waals surface area contributed by atoms with Crippen LogP contribution in [0, 0.1) is 0 Å². The zero-order chi connectivity index (χ0) is 38.5. The fourth-order valence-electron chi connectivity index (χ4n) is 9.68. The van der Waals surface area contributed by atoms with Gasteiger partial charge >= 0.3 is 0 Å². The molecule has 0 atom stereocenters. The summed E-state index contributed by atoms with van der Waals surface area (Å²) in [4.78, 5) is 2.49. The molecule has 10 aromatic carbocycles. The van der Waals surface area contributed by atoms with Crippen molar-refractivity contribution in [1.82, 2.24) is 0 Å². The molecule has 1 nitrogen and oxygen atoms in total. The number of benzene rings is 10. The lowest BCUT2D eigenvalue weighted by Gasteiger charge is -2.34. The Hall–Kier alpha value is -7.48. The Labute approximate surface area is 339 Å². The summed E-state index contributed by atoms with van der Waals surface area (Å²) in [7, 11) is 0. The Morgan fingerprint density at radius 3 is 1.45 bits per heavy atom. The highest BCUT2D eigenvalue weighted by atomic mass is 15.1. The van der Waals surface area contributed by atoms with Gasteiger partial charge in [0.2, 0.25) is 0 Å². The van der Waals surface area contributed by atoms with Crippen molar-refractivity contribution in [3.05, 3.63) is 259 Å². The fourth-order valence-corrected chi connectivity index (χ4v) is 9.68. The molecule has 0 fully saturated rings. The van der Waals surface area contributed by atoms with E-state index in [1.54, 1.807) is 0 Å². The first-order valence-electron chi connectivity index (χ1n) is 20.1. The van der Waals surface area contributed by atoms with Crippen LogP contribution in [-0.4, -0.2) is 0 Å². The normalized spacial score (nSPS) is 12.6. The maximum Gasteiger partial charge on any atom is 0.0714 e. The second kappa shape index (κ2) is 13.9. The van der Waals surface area contributed by atoms with Crippen molar-refractivity contribution >= 4 is 38.6 Å². The summed E-state index contributed by atoms with van der Waals surface area (Å²) in [6, 6.07) is 86.8. The van der Waals surface area contributed by atoms with Gasteiger partial charge in [0.1, 0.15) is 0 Å². The maximum atomic E-state index is 2.49. The summed E-state index contributed by atoms with van der Waals surface area (Å²) in [6.07, 6.45) is 0. The SMILES string of the molecule is c1ccc(-c2ccc(-c3ccc(N(c4cccc5c4-c4ccccc4C5(c4ccccc4)c4ccccc4)c4cccc5ccccc45)cc3)c3ccccc23)cc1. The van der Waals surface area contributed by atoms with Crippen LogP contribution in [0.5, 0.6) is 0 Å². The molecule has 58 heavy (non-hydrogen) atoms. The van der Waals surface area contributed by atoms with Crippen LogP contribution in [0.4, 0.5) is 17.1 Å². The lowest BCUT2D eigenvalue weighted by molar-refractivity contribution is 0.768. The van der Waals surface area contributed by atoms with Crippen LogP contribution in [0.15, 0.2) is 237 Å². The van der Waals surface area contributed by atoms with Gasteiger partial charge in [0.25, 0.3) is 0 Å². The summed E-state index contributed by atoms with van der Waals surface area (Å²) in [5.74, 6) is 0. The molecular weight excluding hydrogens is 699 g/mol. The van der Waals surface area contributed by atoms with Crippen LogP contribution in [0.2, 0.25) is 0 Å². The number of fused-ring (bicyclic) bond motifs is 5. The van der Waals surface area contributed by atoms with Crippen LogP contribution in [0.25, 0.3) is 54.9 Å². The molecule has 0 amide bonds. The first-order chi connectivity index (χ1) is 28.8. The molecule has 0 heterocycles. The van der Waals surface area contributed by atoms with E-state index in [1.807, 2.05) is 0 Å². The molecule has 0 aromatic heterocycles. The predicted octanol–water partition coefficient (Wildman–Crippen LogP) is 15.2. The molecule has 11 rings (SSSR count). The molecule has 1 aliphatic rings. The Balaban J connectivity index is 1.14. The lowest BCUT2D eigenvalue weighted by atomic mass is 9.68. The van der Waals surface area contributed by atoms with Gasteiger partial charge in [-0.15, -0.1) is 0 Å². The van der Waals surface area contributed by atoms with Gasteiger partial charge in [-0.25, -0.2) is 0 Å². The molecule has 0 spiro atoms. The molecule has 10 aromatic rings. The van der Waals surface area contributed by atoms with E-state index in [2.05, 4.69) is 241 Å². The standard InChI is InChI=1S/C57H39N/c1-4-18-40(19-5-1)46-38-39-47(50-28-13-12-27-49(46)50)42-34-36-45(37-35-42)58(54-32-16-21-41-20-10-11-26-48(41)54)55-33-17-31-53-56(55)51-29-14-15-30-52(51)57(53,43-22-6-2-7-23-43)44-24-8-3-9-25-44/h1-39H. The lowest BCUT2D eigenvalue weighted by Crippen LogP contribution is -2.28. The van der Waals surface area contributed by atoms with E-state index < -0.39 is 5.41 Å². The summed E-state index contributed by atoms with van der Waals surface area (Å²) >= 11 is 0. The number of hydrogen-bond donors (Lipinski definition) is 0. The molecule has 1 heteroatoms. The summed E-state index contributed by atoms with van der Waals surface area (Å²) in [5, 5.41) is 4.92. The van der Waals surface area contributed by atoms with E-state index in [-0.39, 0.29) is 0 Å². The van der Waals surface area contributed by atoms with Gasteiger partial charge in [-0.3, -0.25) is 0 Å². The molecular formula is C57H39N.